The lowest BCUT2D eigenvalue weighted by molar-refractivity contribution is 0.0944. The predicted molar refractivity (Wildman–Crippen MR) is 69.3 cm³/mol. The van der Waals surface area contributed by atoms with Crippen molar-refractivity contribution in [2.45, 2.75) is 47.5 Å². The van der Waals surface area contributed by atoms with Gasteiger partial charge in [-0.25, -0.2) is 0 Å². The van der Waals surface area contributed by atoms with Gasteiger partial charge in [0.05, 0.1) is 5.56 Å². The Morgan fingerprint density at radius 1 is 1.18 bits per heavy atom. The van der Waals surface area contributed by atoms with Crippen LogP contribution < -0.4 is 5.32 Å². The first-order valence-electron chi connectivity index (χ1n) is 6.35. The van der Waals surface area contributed by atoms with Gasteiger partial charge in [-0.05, 0) is 26.7 Å². The minimum absolute atomic E-state index is 0.0104. The summed E-state index contributed by atoms with van der Waals surface area (Å²) in [4.78, 5) is 12.1. The molecular weight excluding hydrogens is 214 g/mol. The van der Waals surface area contributed by atoms with Gasteiger partial charge in [-0.2, -0.15) is 0 Å². The van der Waals surface area contributed by atoms with Crippen molar-refractivity contribution in [3.05, 3.63) is 22.6 Å². The molecule has 3 heteroatoms. The van der Waals surface area contributed by atoms with Crippen molar-refractivity contribution in [2.24, 2.45) is 5.92 Å². The first-order chi connectivity index (χ1) is 8.01. The average molecular weight is 237 g/mol. The Labute approximate surface area is 104 Å². The van der Waals surface area contributed by atoms with Gasteiger partial charge in [0.25, 0.3) is 5.91 Å². The van der Waals surface area contributed by atoms with Crippen LogP contribution in [0.1, 0.15) is 54.1 Å². The Morgan fingerprint density at radius 3 is 2.18 bits per heavy atom. The fourth-order valence-electron chi connectivity index (χ4n) is 2.03. The number of rotatable bonds is 5. The molecule has 0 fully saturated rings. The molecule has 0 aliphatic heterocycles. The number of furan rings is 1. The van der Waals surface area contributed by atoms with Crippen LogP contribution in [0.25, 0.3) is 0 Å². The summed E-state index contributed by atoms with van der Waals surface area (Å²) in [7, 11) is 0. The first-order valence-corrected chi connectivity index (χ1v) is 6.35. The molecule has 1 N–H and O–H groups in total. The number of amides is 1. The largest absolute Gasteiger partial charge is 0.466 e. The van der Waals surface area contributed by atoms with Crippen LogP contribution >= 0.6 is 0 Å². The summed E-state index contributed by atoms with van der Waals surface area (Å²) < 4.78 is 5.47. The third kappa shape index (κ3) is 3.11. The summed E-state index contributed by atoms with van der Waals surface area (Å²) >= 11 is 0. The van der Waals surface area contributed by atoms with Gasteiger partial charge >= 0.3 is 0 Å². The third-order valence-corrected chi connectivity index (χ3v) is 3.49. The van der Waals surface area contributed by atoms with Crippen molar-refractivity contribution in [2.75, 3.05) is 6.54 Å². The van der Waals surface area contributed by atoms with Gasteiger partial charge in [0.15, 0.2) is 0 Å². The molecule has 96 valence electrons. The Balaban J connectivity index is 2.70. The predicted octanol–water partition coefficient (Wildman–Crippen LogP) is 3.37. The quantitative estimate of drug-likeness (QED) is 0.853. The lowest BCUT2D eigenvalue weighted by atomic mass is 10.0. The maximum Gasteiger partial charge on any atom is 0.255 e. The number of aryl methyl sites for hydroxylation is 2. The van der Waals surface area contributed by atoms with Gasteiger partial charge in [-0.15, -0.1) is 0 Å². The molecular formula is C14H23NO2. The molecule has 0 aromatic carbocycles. The topological polar surface area (TPSA) is 42.2 Å². The minimum atomic E-state index is -0.0104. The highest BCUT2D eigenvalue weighted by molar-refractivity contribution is 5.96. The summed E-state index contributed by atoms with van der Waals surface area (Å²) in [5, 5.41) is 3.00. The van der Waals surface area contributed by atoms with E-state index in [4.69, 9.17) is 4.42 Å². The van der Waals surface area contributed by atoms with Crippen LogP contribution in [0.15, 0.2) is 4.42 Å². The number of carbonyl (C=O) groups excluding carboxylic acids is 1. The molecule has 0 unspecified atom stereocenters. The summed E-state index contributed by atoms with van der Waals surface area (Å²) in [5.74, 6) is 2.09. The van der Waals surface area contributed by atoms with Crippen LogP contribution in [0.5, 0.6) is 0 Å². The molecule has 1 heterocycles. The van der Waals surface area contributed by atoms with Gasteiger partial charge in [0, 0.05) is 12.1 Å². The van der Waals surface area contributed by atoms with E-state index in [0.717, 1.165) is 30.7 Å². The molecule has 0 bridgehead atoms. The molecule has 1 amide bonds. The van der Waals surface area contributed by atoms with E-state index in [1.807, 2.05) is 20.8 Å². The second-order valence-corrected chi connectivity index (χ2v) is 4.61. The zero-order valence-corrected chi connectivity index (χ0v) is 11.5. The van der Waals surface area contributed by atoms with Gasteiger partial charge in [-0.3, -0.25) is 4.79 Å². The van der Waals surface area contributed by atoms with E-state index in [1.165, 1.54) is 0 Å². The smallest absolute Gasteiger partial charge is 0.255 e. The second kappa shape index (κ2) is 5.89. The number of carbonyl (C=O) groups is 1. The van der Waals surface area contributed by atoms with Crippen LogP contribution in [0.3, 0.4) is 0 Å². The minimum Gasteiger partial charge on any atom is -0.466 e. The van der Waals surface area contributed by atoms with E-state index in [1.54, 1.807) is 0 Å². The number of hydrogen-bond donors (Lipinski definition) is 1. The molecule has 0 saturated carbocycles. The lowest BCUT2D eigenvalue weighted by Crippen LogP contribution is -2.29. The van der Waals surface area contributed by atoms with E-state index < -0.39 is 0 Å². The summed E-state index contributed by atoms with van der Waals surface area (Å²) in [6.07, 6.45) is 2.19. The van der Waals surface area contributed by atoms with Gasteiger partial charge in [0.1, 0.15) is 11.5 Å². The SMILES string of the molecule is CCC(CC)CNC(=O)c1c(C)oc(C)c1C. The highest BCUT2D eigenvalue weighted by Crippen LogP contribution is 2.20. The zero-order valence-electron chi connectivity index (χ0n) is 11.5. The molecule has 0 atom stereocenters. The lowest BCUT2D eigenvalue weighted by Gasteiger charge is -2.13. The maximum atomic E-state index is 12.1. The standard InChI is InChI=1S/C14H23NO2/c1-6-12(7-2)8-15-14(16)13-9(3)10(4)17-11(13)5/h12H,6-8H2,1-5H3,(H,15,16). The number of hydrogen-bond acceptors (Lipinski definition) is 2. The monoisotopic (exact) mass is 237 g/mol. The Bertz CT molecular complexity index is 389. The molecule has 0 radical (unpaired) electrons. The van der Waals surface area contributed by atoms with Gasteiger partial charge < -0.3 is 9.73 Å². The Hall–Kier alpha value is -1.25. The van der Waals surface area contributed by atoms with Gasteiger partial charge in [-0.1, -0.05) is 26.7 Å². The van der Waals surface area contributed by atoms with E-state index in [-0.39, 0.29) is 5.91 Å². The molecule has 1 aromatic heterocycles. The third-order valence-electron chi connectivity index (χ3n) is 3.49. The van der Waals surface area contributed by atoms with Crippen LogP contribution in [-0.2, 0) is 0 Å². The summed E-state index contributed by atoms with van der Waals surface area (Å²) in [5.41, 5.74) is 1.65. The summed E-state index contributed by atoms with van der Waals surface area (Å²) in [6.45, 7) is 10.7. The van der Waals surface area contributed by atoms with Crippen molar-refractivity contribution >= 4 is 5.91 Å². The average Bonchev–Trinajstić information content (AvgIpc) is 2.54. The molecule has 0 aliphatic rings. The Kier molecular flexibility index (Phi) is 4.79. The van der Waals surface area contributed by atoms with Gasteiger partial charge in [0.2, 0.25) is 0 Å². The van der Waals surface area contributed by atoms with E-state index in [9.17, 15) is 4.79 Å². The van der Waals surface area contributed by atoms with Crippen LogP contribution in [-0.4, -0.2) is 12.5 Å². The second-order valence-electron chi connectivity index (χ2n) is 4.61. The van der Waals surface area contributed by atoms with Crippen molar-refractivity contribution in [1.29, 1.82) is 0 Å². The van der Waals surface area contributed by atoms with E-state index >= 15 is 0 Å². The van der Waals surface area contributed by atoms with Crippen LogP contribution in [0.4, 0.5) is 0 Å². The molecule has 1 aromatic rings. The molecule has 0 saturated heterocycles. The first kappa shape index (κ1) is 13.8. The zero-order chi connectivity index (χ0) is 13.0. The maximum absolute atomic E-state index is 12.1. The molecule has 1 rings (SSSR count). The van der Waals surface area contributed by atoms with Crippen LogP contribution in [0, 0.1) is 26.7 Å². The van der Waals surface area contributed by atoms with E-state index in [2.05, 4.69) is 19.2 Å². The summed E-state index contributed by atoms with van der Waals surface area (Å²) in [6, 6.07) is 0. The van der Waals surface area contributed by atoms with Crippen molar-refractivity contribution in [3.63, 3.8) is 0 Å². The van der Waals surface area contributed by atoms with Crippen molar-refractivity contribution < 1.29 is 9.21 Å². The molecule has 3 nitrogen and oxygen atoms in total. The molecule has 0 aliphatic carbocycles. The van der Waals surface area contributed by atoms with E-state index in [0.29, 0.717) is 17.2 Å². The normalized spacial score (nSPS) is 10.9. The fourth-order valence-corrected chi connectivity index (χ4v) is 2.03. The molecule has 17 heavy (non-hydrogen) atoms. The fraction of sp³-hybridized carbons (Fsp3) is 0.643. The highest BCUT2D eigenvalue weighted by Gasteiger charge is 2.18. The molecule has 0 spiro atoms. The Morgan fingerprint density at radius 2 is 1.76 bits per heavy atom. The highest BCUT2D eigenvalue weighted by atomic mass is 16.3. The van der Waals surface area contributed by atoms with Crippen molar-refractivity contribution in [3.8, 4) is 0 Å². The number of nitrogens with one attached hydrogen (secondary N) is 1. The van der Waals surface area contributed by atoms with Crippen LogP contribution in [0.2, 0.25) is 0 Å². The van der Waals surface area contributed by atoms with Crippen molar-refractivity contribution in [1.82, 2.24) is 5.32 Å².